The Kier molecular flexibility index (Phi) is 6.05. The van der Waals surface area contributed by atoms with E-state index >= 15 is 0 Å². The molecule has 2 aliphatic heterocycles. The highest BCUT2D eigenvalue weighted by molar-refractivity contribution is 5.79. The fourth-order valence-corrected chi connectivity index (χ4v) is 4.51. The van der Waals surface area contributed by atoms with Crippen LogP contribution in [-0.4, -0.2) is 45.5 Å². The number of aryl methyl sites for hydroxylation is 1. The van der Waals surface area contributed by atoms with Crippen LogP contribution in [0.3, 0.4) is 0 Å². The fraction of sp³-hybridized carbons (Fsp3) is 0.591. The van der Waals surface area contributed by atoms with Crippen molar-refractivity contribution in [1.29, 1.82) is 0 Å². The minimum absolute atomic E-state index is 0.0326. The van der Waals surface area contributed by atoms with E-state index in [-0.39, 0.29) is 17.9 Å². The summed E-state index contributed by atoms with van der Waals surface area (Å²) >= 11 is 0. The minimum atomic E-state index is -0.0326. The molecule has 0 bridgehead atoms. The molecule has 0 N–H and O–H groups in total. The van der Waals surface area contributed by atoms with Gasteiger partial charge in [-0.2, -0.15) is 4.98 Å². The van der Waals surface area contributed by atoms with Gasteiger partial charge in [0.1, 0.15) is 0 Å². The predicted octanol–water partition coefficient (Wildman–Crippen LogP) is 3.73. The van der Waals surface area contributed by atoms with Crippen LogP contribution in [0.4, 0.5) is 0 Å². The molecule has 0 radical (unpaired) electrons. The Morgan fingerprint density at radius 1 is 1.07 bits per heavy atom. The molecule has 6 nitrogen and oxygen atoms in total. The van der Waals surface area contributed by atoms with E-state index in [9.17, 15) is 4.79 Å². The van der Waals surface area contributed by atoms with Crippen molar-refractivity contribution < 1.29 is 9.32 Å². The van der Waals surface area contributed by atoms with Gasteiger partial charge in [-0.3, -0.25) is 9.69 Å². The fourth-order valence-electron chi connectivity index (χ4n) is 4.51. The number of nitrogens with zero attached hydrogens (tertiary/aromatic N) is 4. The van der Waals surface area contributed by atoms with Gasteiger partial charge in [-0.05, 0) is 44.3 Å². The monoisotopic (exact) mass is 382 g/mol. The maximum atomic E-state index is 13.4. The molecule has 1 aromatic carbocycles. The van der Waals surface area contributed by atoms with E-state index in [0.717, 1.165) is 64.7 Å². The van der Waals surface area contributed by atoms with Crippen LogP contribution in [0.1, 0.15) is 61.8 Å². The number of amides is 1. The number of likely N-dealkylation sites (tertiary alicyclic amines) is 2. The van der Waals surface area contributed by atoms with Crippen LogP contribution in [0.25, 0.3) is 0 Å². The summed E-state index contributed by atoms with van der Waals surface area (Å²) in [5.74, 6) is 1.64. The number of aromatic nitrogens is 2. The van der Waals surface area contributed by atoms with E-state index in [0.29, 0.717) is 11.7 Å². The summed E-state index contributed by atoms with van der Waals surface area (Å²) in [6.07, 6.45) is 6.12. The first-order chi connectivity index (χ1) is 13.7. The Labute approximate surface area is 166 Å². The first kappa shape index (κ1) is 19.1. The molecule has 0 aliphatic carbocycles. The molecule has 28 heavy (non-hydrogen) atoms. The highest BCUT2D eigenvalue weighted by Crippen LogP contribution is 2.32. The molecule has 0 spiro atoms. The normalized spacial score (nSPS) is 22.2. The average Bonchev–Trinajstić information content (AvgIpc) is 3.00. The quantitative estimate of drug-likeness (QED) is 0.806. The van der Waals surface area contributed by atoms with Crippen molar-refractivity contribution in [2.45, 2.75) is 58.0 Å². The van der Waals surface area contributed by atoms with Crippen molar-refractivity contribution in [3.63, 3.8) is 0 Å². The third-order valence-electron chi connectivity index (χ3n) is 6.06. The van der Waals surface area contributed by atoms with Crippen LogP contribution >= 0.6 is 0 Å². The predicted molar refractivity (Wildman–Crippen MR) is 106 cm³/mol. The number of piperidine rings is 1. The second kappa shape index (κ2) is 8.86. The van der Waals surface area contributed by atoms with Gasteiger partial charge in [0, 0.05) is 25.9 Å². The molecule has 1 amide bonds. The van der Waals surface area contributed by atoms with Gasteiger partial charge in [-0.1, -0.05) is 48.3 Å². The lowest BCUT2D eigenvalue weighted by molar-refractivity contribution is -0.139. The minimum Gasteiger partial charge on any atom is -0.340 e. The van der Waals surface area contributed by atoms with E-state index in [1.165, 1.54) is 5.56 Å². The smallest absolute Gasteiger partial charge is 0.226 e. The molecule has 0 unspecified atom stereocenters. The zero-order valence-corrected chi connectivity index (χ0v) is 16.7. The largest absolute Gasteiger partial charge is 0.340 e. The summed E-state index contributed by atoms with van der Waals surface area (Å²) in [5, 5.41) is 4.13. The highest BCUT2D eigenvalue weighted by Gasteiger charge is 2.35. The third kappa shape index (κ3) is 4.43. The van der Waals surface area contributed by atoms with Gasteiger partial charge in [-0.25, -0.2) is 0 Å². The molecule has 0 saturated carbocycles. The first-order valence-corrected chi connectivity index (χ1v) is 10.6. The van der Waals surface area contributed by atoms with Gasteiger partial charge >= 0.3 is 0 Å². The zero-order valence-electron chi connectivity index (χ0n) is 16.7. The molecular formula is C22H30N4O2. The van der Waals surface area contributed by atoms with Crippen molar-refractivity contribution in [2.24, 2.45) is 5.92 Å². The molecule has 4 rings (SSSR count). The van der Waals surface area contributed by atoms with Crippen LogP contribution < -0.4 is 0 Å². The SMILES string of the molecule is Cc1nc([C@H]2CCCCCN2C(=O)C2CCN(Cc3ccccc3)CC2)no1. The van der Waals surface area contributed by atoms with Gasteiger partial charge in [0.05, 0.1) is 6.04 Å². The van der Waals surface area contributed by atoms with Crippen molar-refractivity contribution in [3.05, 3.63) is 47.6 Å². The second-order valence-electron chi connectivity index (χ2n) is 8.10. The van der Waals surface area contributed by atoms with Crippen LogP contribution in [-0.2, 0) is 11.3 Å². The molecule has 1 aromatic heterocycles. The Morgan fingerprint density at radius 3 is 2.57 bits per heavy atom. The molecule has 2 saturated heterocycles. The maximum absolute atomic E-state index is 13.4. The van der Waals surface area contributed by atoms with Crippen LogP contribution in [0.5, 0.6) is 0 Å². The van der Waals surface area contributed by atoms with E-state index in [2.05, 4.69) is 50.3 Å². The van der Waals surface area contributed by atoms with E-state index in [1.807, 2.05) is 6.92 Å². The van der Waals surface area contributed by atoms with Gasteiger partial charge in [0.25, 0.3) is 0 Å². The van der Waals surface area contributed by atoms with Crippen molar-refractivity contribution in [2.75, 3.05) is 19.6 Å². The van der Waals surface area contributed by atoms with Gasteiger partial charge in [-0.15, -0.1) is 0 Å². The zero-order chi connectivity index (χ0) is 19.3. The van der Waals surface area contributed by atoms with Crippen LogP contribution in [0.2, 0.25) is 0 Å². The standard InChI is InChI=1S/C22H30N4O2/c1-17-23-21(24-28-17)20-10-6-3-7-13-26(20)22(27)19-11-14-25(15-12-19)16-18-8-4-2-5-9-18/h2,4-5,8-9,19-20H,3,6-7,10-16H2,1H3/t20-/m1/s1. The summed E-state index contributed by atoms with van der Waals surface area (Å²) in [5.41, 5.74) is 1.34. The summed E-state index contributed by atoms with van der Waals surface area (Å²) in [7, 11) is 0. The van der Waals surface area contributed by atoms with E-state index in [1.54, 1.807) is 0 Å². The topological polar surface area (TPSA) is 62.5 Å². The second-order valence-corrected chi connectivity index (χ2v) is 8.10. The lowest BCUT2D eigenvalue weighted by Crippen LogP contribution is -2.44. The molecule has 2 aromatic rings. The van der Waals surface area contributed by atoms with Crippen molar-refractivity contribution in [3.8, 4) is 0 Å². The molecule has 6 heteroatoms. The Morgan fingerprint density at radius 2 is 1.86 bits per heavy atom. The number of benzene rings is 1. The first-order valence-electron chi connectivity index (χ1n) is 10.6. The summed E-state index contributed by atoms with van der Waals surface area (Å²) < 4.78 is 5.20. The van der Waals surface area contributed by atoms with Crippen molar-refractivity contribution >= 4 is 5.91 Å². The van der Waals surface area contributed by atoms with E-state index in [4.69, 9.17) is 4.52 Å². The van der Waals surface area contributed by atoms with Crippen LogP contribution in [0.15, 0.2) is 34.9 Å². The molecular weight excluding hydrogens is 352 g/mol. The summed E-state index contributed by atoms with van der Waals surface area (Å²) in [6, 6.07) is 10.5. The maximum Gasteiger partial charge on any atom is 0.226 e. The number of carbonyl (C=O) groups excluding carboxylic acids is 1. The Bertz CT molecular complexity index is 768. The molecule has 2 aliphatic rings. The number of carbonyl (C=O) groups is 1. The summed E-state index contributed by atoms with van der Waals surface area (Å²) in [4.78, 5) is 22.3. The van der Waals surface area contributed by atoms with E-state index < -0.39 is 0 Å². The van der Waals surface area contributed by atoms with Gasteiger partial charge in [0.15, 0.2) is 5.82 Å². The lowest BCUT2D eigenvalue weighted by atomic mass is 9.94. The average molecular weight is 383 g/mol. The number of rotatable bonds is 4. The molecule has 150 valence electrons. The van der Waals surface area contributed by atoms with Crippen molar-refractivity contribution in [1.82, 2.24) is 19.9 Å². The summed E-state index contributed by atoms with van der Waals surface area (Å²) in [6.45, 7) is 5.54. The third-order valence-corrected chi connectivity index (χ3v) is 6.06. The highest BCUT2D eigenvalue weighted by atomic mass is 16.5. The van der Waals surface area contributed by atoms with Gasteiger partial charge in [0.2, 0.25) is 11.8 Å². The number of hydrogen-bond acceptors (Lipinski definition) is 5. The Balaban J connectivity index is 1.39. The molecule has 2 fully saturated rings. The molecule has 3 heterocycles. The number of hydrogen-bond donors (Lipinski definition) is 0. The van der Waals surface area contributed by atoms with Gasteiger partial charge < -0.3 is 9.42 Å². The molecule has 1 atom stereocenters. The Hall–Kier alpha value is -2.21. The van der Waals surface area contributed by atoms with Crippen LogP contribution in [0, 0.1) is 12.8 Å². The lowest BCUT2D eigenvalue weighted by Gasteiger charge is -2.36.